The van der Waals surface area contributed by atoms with E-state index < -0.39 is 0 Å². The number of rotatable bonds is 3. The van der Waals surface area contributed by atoms with Gasteiger partial charge in [-0.15, -0.1) is 11.3 Å². The number of aromatic nitrogens is 1. The molecule has 1 amide bonds. The molecule has 3 aromatic rings. The van der Waals surface area contributed by atoms with Gasteiger partial charge in [0.25, 0.3) is 5.91 Å². The Hall–Kier alpha value is -2.40. The highest BCUT2D eigenvalue weighted by Gasteiger charge is 2.10. The number of hydrogen-bond acceptors (Lipinski definition) is 4. The summed E-state index contributed by atoms with van der Waals surface area (Å²) in [4.78, 5) is 16.6. The van der Waals surface area contributed by atoms with E-state index in [2.05, 4.69) is 15.6 Å². The molecule has 0 aliphatic carbocycles. The summed E-state index contributed by atoms with van der Waals surface area (Å²) in [5, 5.41) is 6.00. The van der Waals surface area contributed by atoms with Crippen molar-refractivity contribution in [2.75, 3.05) is 17.7 Å². The number of nitrogens with zero attached hydrogens (tertiary/aromatic N) is 1. The molecule has 0 unspecified atom stereocenters. The van der Waals surface area contributed by atoms with Crippen molar-refractivity contribution in [2.24, 2.45) is 0 Å². The van der Waals surface area contributed by atoms with E-state index in [9.17, 15) is 4.79 Å². The molecule has 0 aliphatic heterocycles. The lowest BCUT2D eigenvalue weighted by molar-refractivity contribution is 0.102. The van der Waals surface area contributed by atoms with Crippen molar-refractivity contribution in [3.8, 4) is 0 Å². The Morgan fingerprint density at radius 3 is 2.71 bits per heavy atom. The van der Waals surface area contributed by atoms with Gasteiger partial charge in [0.05, 0.1) is 15.7 Å². The van der Waals surface area contributed by atoms with Crippen LogP contribution in [0.1, 0.15) is 15.9 Å². The van der Waals surface area contributed by atoms with Crippen LogP contribution in [0.5, 0.6) is 0 Å². The molecule has 0 saturated carbocycles. The predicted octanol–water partition coefficient (Wildman–Crippen LogP) is 3.90. The van der Waals surface area contributed by atoms with Crippen LogP contribution in [0.4, 0.5) is 11.4 Å². The monoisotopic (exact) mass is 297 g/mol. The van der Waals surface area contributed by atoms with Crippen LogP contribution in [-0.4, -0.2) is 17.9 Å². The summed E-state index contributed by atoms with van der Waals surface area (Å²) >= 11 is 1.56. The van der Waals surface area contributed by atoms with Crippen LogP contribution in [0, 0.1) is 6.92 Å². The first kappa shape index (κ1) is 13.6. The van der Waals surface area contributed by atoms with E-state index in [4.69, 9.17) is 0 Å². The summed E-state index contributed by atoms with van der Waals surface area (Å²) in [5.41, 5.74) is 6.16. The standard InChI is InChI=1S/C16H15N3OS/c1-10-7-11(17-2)3-5-13(10)16(20)19-12-4-6-14-15(8-12)21-9-18-14/h3-9,17H,1-2H3,(H,19,20). The number of aryl methyl sites for hydroxylation is 1. The van der Waals surface area contributed by atoms with Crippen molar-refractivity contribution >= 4 is 38.8 Å². The number of nitrogens with one attached hydrogen (secondary N) is 2. The molecule has 1 aromatic heterocycles. The number of carbonyl (C=O) groups is 1. The van der Waals surface area contributed by atoms with Gasteiger partial charge in [0, 0.05) is 24.0 Å². The van der Waals surface area contributed by atoms with E-state index in [1.807, 2.05) is 50.4 Å². The quantitative estimate of drug-likeness (QED) is 0.771. The van der Waals surface area contributed by atoms with Gasteiger partial charge in [-0.2, -0.15) is 0 Å². The van der Waals surface area contributed by atoms with E-state index in [1.54, 1.807) is 16.8 Å². The Balaban J connectivity index is 1.85. The van der Waals surface area contributed by atoms with Crippen molar-refractivity contribution in [3.05, 3.63) is 53.0 Å². The Kier molecular flexibility index (Phi) is 3.58. The molecule has 2 N–H and O–H groups in total. The average molecular weight is 297 g/mol. The fourth-order valence-corrected chi connectivity index (χ4v) is 2.92. The summed E-state index contributed by atoms with van der Waals surface area (Å²) in [6.45, 7) is 1.93. The van der Waals surface area contributed by atoms with Crippen LogP contribution < -0.4 is 10.6 Å². The number of thiazole rings is 1. The molecule has 0 radical (unpaired) electrons. The second kappa shape index (κ2) is 5.54. The maximum Gasteiger partial charge on any atom is 0.255 e. The third kappa shape index (κ3) is 2.73. The van der Waals surface area contributed by atoms with Crippen LogP contribution in [0.15, 0.2) is 41.9 Å². The number of benzene rings is 2. The van der Waals surface area contributed by atoms with Gasteiger partial charge >= 0.3 is 0 Å². The predicted molar refractivity (Wildman–Crippen MR) is 88.3 cm³/mol. The van der Waals surface area contributed by atoms with Gasteiger partial charge in [-0.25, -0.2) is 4.98 Å². The smallest absolute Gasteiger partial charge is 0.255 e. The van der Waals surface area contributed by atoms with Gasteiger partial charge in [0.2, 0.25) is 0 Å². The maximum absolute atomic E-state index is 12.4. The first-order valence-corrected chi connectivity index (χ1v) is 7.48. The van der Waals surface area contributed by atoms with Gasteiger partial charge < -0.3 is 10.6 Å². The fraction of sp³-hybridized carbons (Fsp3) is 0.125. The Morgan fingerprint density at radius 2 is 1.95 bits per heavy atom. The first-order valence-electron chi connectivity index (χ1n) is 6.60. The van der Waals surface area contributed by atoms with Gasteiger partial charge in [-0.1, -0.05) is 0 Å². The first-order chi connectivity index (χ1) is 10.2. The van der Waals surface area contributed by atoms with Gasteiger partial charge in [0.1, 0.15) is 0 Å². The topological polar surface area (TPSA) is 54.0 Å². The van der Waals surface area contributed by atoms with E-state index in [0.29, 0.717) is 5.56 Å². The van der Waals surface area contributed by atoms with Gasteiger partial charge in [-0.05, 0) is 48.9 Å². The second-order valence-corrected chi connectivity index (χ2v) is 5.66. The number of amides is 1. The Bertz CT molecular complexity index is 810. The highest BCUT2D eigenvalue weighted by molar-refractivity contribution is 7.16. The van der Waals surface area contributed by atoms with Crippen molar-refractivity contribution in [3.63, 3.8) is 0 Å². The molecule has 0 aliphatic rings. The van der Waals surface area contributed by atoms with Crippen molar-refractivity contribution < 1.29 is 4.79 Å². The molecule has 106 valence electrons. The van der Waals surface area contributed by atoms with E-state index in [0.717, 1.165) is 27.2 Å². The molecule has 0 fully saturated rings. The minimum absolute atomic E-state index is 0.0981. The summed E-state index contributed by atoms with van der Waals surface area (Å²) < 4.78 is 1.06. The number of hydrogen-bond donors (Lipinski definition) is 2. The van der Waals surface area contributed by atoms with Crippen LogP contribution >= 0.6 is 11.3 Å². The molecule has 0 bridgehead atoms. The molecule has 0 spiro atoms. The van der Waals surface area contributed by atoms with E-state index in [1.165, 1.54) is 0 Å². The molecule has 2 aromatic carbocycles. The van der Waals surface area contributed by atoms with Gasteiger partial charge in [0.15, 0.2) is 0 Å². The fourth-order valence-electron chi connectivity index (χ4n) is 2.21. The summed E-state index contributed by atoms with van der Waals surface area (Å²) in [6.07, 6.45) is 0. The third-order valence-corrected chi connectivity index (χ3v) is 4.14. The van der Waals surface area contributed by atoms with E-state index in [-0.39, 0.29) is 5.91 Å². The van der Waals surface area contributed by atoms with Crippen LogP contribution in [0.25, 0.3) is 10.2 Å². The Labute approximate surface area is 126 Å². The minimum Gasteiger partial charge on any atom is -0.388 e. The van der Waals surface area contributed by atoms with Crippen molar-refractivity contribution in [1.82, 2.24) is 4.98 Å². The zero-order chi connectivity index (χ0) is 14.8. The number of fused-ring (bicyclic) bond motifs is 1. The zero-order valence-electron chi connectivity index (χ0n) is 11.8. The van der Waals surface area contributed by atoms with Crippen LogP contribution in [0.3, 0.4) is 0 Å². The third-order valence-electron chi connectivity index (χ3n) is 3.35. The zero-order valence-corrected chi connectivity index (χ0v) is 12.6. The van der Waals surface area contributed by atoms with Crippen LogP contribution in [-0.2, 0) is 0 Å². The molecule has 5 heteroatoms. The van der Waals surface area contributed by atoms with Gasteiger partial charge in [-0.3, -0.25) is 4.79 Å². The highest BCUT2D eigenvalue weighted by Crippen LogP contribution is 2.23. The lowest BCUT2D eigenvalue weighted by Crippen LogP contribution is -2.13. The largest absolute Gasteiger partial charge is 0.388 e. The summed E-state index contributed by atoms with van der Waals surface area (Å²) in [7, 11) is 1.86. The SMILES string of the molecule is CNc1ccc(C(=O)Nc2ccc3ncsc3c2)c(C)c1. The summed E-state index contributed by atoms with van der Waals surface area (Å²) in [6, 6.07) is 11.4. The molecule has 1 heterocycles. The molecule has 21 heavy (non-hydrogen) atoms. The van der Waals surface area contributed by atoms with E-state index >= 15 is 0 Å². The molecule has 0 atom stereocenters. The number of anilines is 2. The van der Waals surface area contributed by atoms with Crippen molar-refractivity contribution in [2.45, 2.75) is 6.92 Å². The molecule has 0 saturated heterocycles. The number of carbonyl (C=O) groups excluding carboxylic acids is 1. The molecule has 4 nitrogen and oxygen atoms in total. The lowest BCUT2D eigenvalue weighted by atomic mass is 10.1. The highest BCUT2D eigenvalue weighted by atomic mass is 32.1. The van der Waals surface area contributed by atoms with Crippen molar-refractivity contribution in [1.29, 1.82) is 0 Å². The Morgan fingerprint density at radius 1 is 1.14 bits per heavy atom. The minimum atomic E-state index is -0.0981. The molecule has 3 rings (SSSR count). The second-order valence-electron chi connectivity index (χ2n) is 4.77. The average Bonchev–Trinajstić information content (AvgIpc) is 2.94. The maximum atomic E-state index is 12.4. The molecular formula is C16H15N3OS. The van der Waals surface area contributed by atoms with Crippen LogP contribution in [0.2, 0.25) is 0 Å². The summed E-state index contributed by atoms with van der Waals surface area (Å²) in [5.74, 6) is -0.0981. The normalized spacial score (nSPS) is 10.6. The lowest BCUT2D eigenvalue weighted by Gasteiger charge is -2.09. The molecular weight excluding hydrogens is 282 g/mol.